The average Bonchev–Trinajstić information content (AvgIpc) is 3.60. The van der Waals surface area contributed by atoms with Crippen LogP contribution in [0.2, 0.25) is 0 Å². The van der Waals surface area contributed by atoms with Gasteiger partial charge >= 0.3 is 5.97 Å². The lowest BCUT2D eigenvalue weighted by Crippen LogP contribution is -2.34. The molecule has 0 bridgehead atoms. The zero-order valence-electron chi connectivity index (χ0n) is 35.0. The Bertz CT molecular complexity index is 1830. The smallest absolute Gasteiger partial charge is 0.303 e. The van der Waals surface area contributed by atoms with E-state index in [0.717, 1.165) is 100 Å². The van der Waals surface area contributed by atoms with Crippen LogP contribution in [0.3, 0.4) is 0 Å². The number of amides is 1. The monoisotopic (exact) mass is 812 g/mol. The first kappa shape index (κ1) is 45.3. The Kier molecular flexibility index (Phi) is 18.0. The summed E-state index contributed by atoms with van der Waals surface area (Å²) in [7, 11) is 0. The molecule has 9 nitrogen and oxygen atoms in total. The van der Waals surface area contributed by atoms with Crippen LogP contribution in [-0.4, -0.2) is 58.7 Å². The SMILES string of the molecule is CC1(C)C2=[N+](CCCCCC(=O)NCC(CCCCCC(=O)O)CNCCCCCCC3(C)/C(=C/C=C/C=C/C=C2)Cc2ccccc23)c2ccc(SOOO)cc21. The van der Waals surface area contributed by atoms with Gasteiger partial charge in [0.1, 0.15) is 6.54 Å². The minimum atomic E-state index is -0.738. The highest BCUT2D eigenvalue weighted by Crippen LogP contribution is 2.46. The lowest BCUT2D eigenvalue weighted by atomic mass is 9.76. The van der Waals surface area contributed by atoms with Gasteiger partial charge in [-0.3, -0.25) is 9.59 Å². The van der Waals surface area contributed by atoms with Crippen LogP contribution < -0.4 is 10.6 Å². The molecule has 1 amide bonds. The molecule has 0 aromatic heterocycles. The maximum Gasteiger partial charge on any atom is 0.303 e. The van der Waals surface area contributed by atoms with Crippen LogP contribution >= 0.6 is 12.0 Å². The molecular weight excluding hydrogens is 747 g/mol. The van der Waals surface area contributed by atoms with E-state index in [4.69, 9.17) is 14.7 Å². The third-order valence-corrected chi connectivity index (χ3v) is 12.9. The van der Waals surface area contributed by atoms with Crippen molar-refractivity contribution in [3.63, 3.8) is 0 Å². The second-order valence-electron chi connectivity index (χ2n) is 16.9. The fraction of sp³-hybridized carbons (Fsp3) is 0.521. The Balaban J connectivity index is 1.32. The Morgan fingerprint density at radius 3 is 2.53 bits per heavy atom. The van der Waals surface area contributed by atoms with Crippen molar-refractivity contribution in [3.8, 4) is 0 Å². The summed E-state index contributed by atoms with van der Waals surface area (Å²) in [6.45, 7) is 10.2. The molecule has 2 atom stereocenters. The number of nitrogens with zero attached hydrogens (tertiary/aromatic N) is 1. The van der Waals surface area contributed by atoms with E-state index >= 15 is 0 Å². The van der Waals surface area contributed by atoms with Gasteiger partial charge in [0.15, 0.2) is 5.71 Å². The Morgan fingerprint density at radius 1 is 0.897 bits per heavy atom. The van der Waals surface area contributed by atoms with Crippen molar-refractivity contribution in [1.82, 2.24) is 10.6 Å². The molecule has 2 heterocycles. The van der Waals surface area contributed by atoms with Gasteiger partial charge in [-0.1, -0.05) is 110 Å². The summed E-state index contributed by atoms with van der Waals surface area (Å²) >= 11 is 0.971. The van der Waals surface area contributed by atoms with E-state index in [1.54, 1.807) is 0 Å². The predicted octanol–water partition coefficient (Wildman–Crippen LogP) is 10.5. The van der Waals surface area contributed by atoms with Crippen LogP contribution in [0.4, 0.5) is 5.69 Å². The normalized spacial score (nSPS) is 24.5. The number of rotatable bonds is 9. The van der Waals surface area contributed by atoms with Gasteiger partial charge in [0, 0.05) is 53.8 Å². The topological polar surface area (TPSA) is 120 Å². The van der Waals surface area contributed by atoms with E-state index < -0.39 is 5.97 Å². The van der Waals surface area contributed by atoms with Gasteiger partial charge < -0.3 is 15.7 Å². The molecule has 1 aliphatic carbocycles. The van der Waals surface area contributed by atoms with Gasteiger partial charge in [0.05, 0.1) is 17.5 Å². The number of hydrogen-bond donors (Lipinski definition) is 4. The van der Waals surface area contributed by atoms with Gasteiger partial charge in [-0.2, -0.15) is 4.58 Å². The summed E-state index contributed by atoms with van der Waals surface area (Å²) in [5.74, 6) is -0.319. The number of aliphatic carboxylic acids is 1. The highest BCUT2D eigenvalue weighted by atomic mass is 32.2. The molecule has 0 saturated heterocycles. The summed E-state index contributed by atoms with van der Waals surface area (Å²) in [6, 6.07) is 15.1. The molecule has 10 heteroatoms. The highest BCUT2D eigenvalue weighted by Gasteiger charge is 2.44. The van der Waals surface area contributed by atoms with Crippen molar-refractivity contribution in [2.75, 3.05) is 26.2 Å². The largest absolute Gasteiger partial charge is 0.481 e. The van der Waals surface area contributed by atoms with Crippen LogP contribution in [0.5, 0.6) is 0 Å². The number of hydrogen-bond acceptors (Lipinski definition) is 7. The molecule has 2 unspecified atom stereocenters. The number of carbonyl (C=O) groups is 2. The molecule has 58 heavy (non-hydrogen) atoms. The van der Waals surface area contributed by atoms with Crippen molar-refractivity contribution < 1.29 is 33.9 Å². The molecule has 0 radical (unpaired) electrons. The number of allylic oxidation sites excluding steroid dienone is 8. The number of nitrogens with one attached hydrogen (secondary N) is 2. The van der Waals surface area contributed by atoms with Crippen molar-refractivity contribution in [1.29, 1.82) is 0 Å². The van der Waals surface area contributed by atoms with Crippen LogP contribution in [0.1, 0.15) is 127 Å². The van der Waals surface area contributed by atoms with Crippen molar-refractivity contribution in [2.24, 2.45) is 5.92 Å². The molecule has 2 aromatic rings. The second-order valence-corrected chi connectivity index (χ2v) is 17.7. The number of unbranched alkanes of at least 4 members (excludes halogenated alkanes) is 2. The summed E-state index contributed by atoms with van der Waals surface area (Å²) in [5, 5.41) is 28.5. The van der Waals surface area contributed by atoms with Crippen LogP contribution in [0.25, 0.3) is 0 Å². The summed E-state index contributed by atoms with van der Waals surface area (Å²) in [4.78, 5) is 24.8. The molecule has 314 valence electrons. The first-order chi connectivity index (χ1) is 28.1. The molecular formula is C48H66N3O6S+. The Hall–Kier alpha value is -3.80. The third kappa shape index (κ3) is 12.8. The molecule has 2 aliphatic heterocycles. The quantitative estimate of drug-likeness (QED) is 0.0650. The standard InChI is InChI=1S/C48H65N3O6S/c1-47(2)42-34-40(58-57-56-55)28-29-43(42)51-32-20-10-14-26-45(52)50-36-37(21-11-9-15-27-46(53)54)35-49-31-19-8-7-18-30-48(3)39(33-38-22-16-17-24-41(38)48)23-12-5-4-6-13-25-44(47)51/h4-6,12-13,16-17,22-25,28-29,34,37,49H,7-11,14-15,18-21,26-27,30-33,35-36H2,1-3H3,(H2-,50,52,53,54,55)/p+1/b6-4+,12-5+,25-13?,39-23+. The van der Waals surface area contributed by atoms with E-state index in [9.17, 15) is 9.59 Å². The average molecular weight is 813 g/mol. The van der Waals surface area contributed by atoms with Gasteiger partial charge in [-0.05, 0) is 101 Å². The Morgan fingerprint density at radius 2 is 1.69 bits per heavy atom. The maximum atomic E-state index is 13.0. The van der Waals surface area contributed by atoms with Crippen LogP contribution in [-0.2, 0) is 36.2 Å². The third-order valence-electron chi connectivity index (χ3n) is 12.3. The van der Waals surface area contributed by atoms with Crippen molar-refractivity contribution in [2.45, 2.75) is 133 Å². The van der Waals surface area contributed by atoms with Gasteiger partial charge in [0.25, 0.3) is 0 Å². The first-order valence-electron chi connectivity index (χ1n) is 21.6. The zero-order valence-corrected chi connectivity index (χ0v) is 35.8. The van der Waals surface area contributed by atoms with E-state index in [1.165, 1.54) is 47.2 Å². The molecule has 0 fully saturated rings. The summed E-state index contributed by atoms with van der Waals surface area (Å²) < 4.78 is 7.15. The number of carboxylic acids is 1. The minimum absolute atomic E-state index is 0.0340. The maximum absolute atomic E-state index is 13.0. The number of benzene rings is 2. The van der Waals surface area contributed by atoms with Gasteiger partial charge in [-0.25, -0.2) is 5.26 Å². The summed E-state index contributed by atoms with van der Waals surface area (Å²) in [6.07, 6.45) is 29.0. The molecule has 4 N–H and O–H groups in total. The fourth-order valence-electron chi connectivity index (χ4n) is 8.97. The predicted molar refractivity (Wildman–Crippen MR) is 235 cm³/mol. The lowest BCUT2D eigenvalue weighted by Gasteiger charge is -2.28. The molecule has 2 aromatic carbocycles. The van der Waals surface area contributed by atoms with Gasteiger partial charge in [-0.15, -0.1) is 4.33 Å². The summed E-state index contributed by atoms with van der Waals surface area (Å²) in [5.41, 5.74) is 7.68. The first-order valence-corrected chi connectivity index (χ1v) is 22.3. The van der Waals surface area contributed by atoms with E-state index in [2.05, 4.69) is 120 Å². The molecule has 5 rings (SSSR count). The van der Waals surface area contributed by atoms with E-state index in [-0.39, 0.29) is 23.2 Å². The second kappa shape index (κ2) is 23.1. The van der Waals surface area contributed by atoms with Crippen molar-refractivity contribution in [3.05, 3.63) is 107 Å². The van der Waals surface area contributed by atoms with Crippen LogP contribution in [0, 0.1) is 5.92 Å². The van der Waals surface area contributed by atoms with Crippen LogP contribution in [0.15, 0.2) is 95.5 Å². The number of carboxylic acid groups (broad SMARTS) is 1. The highest BCUT2D eigenvalue weighted by molar-refractivity contribution is 7.94. The van der Waals surface area contributed by atoms with Gasteiger partial charge in [0.2, 0.25) is 11.6 Å². The molecule has 0 spiro atoms. The van der Waals surface area contributed by atoms with Crippen molar-refractivity contribution >= 4 is 35.3 Å². The van der Waals surface area contributed by atoms with E-state index in [1.807, 2.05) is 6.07 Å². The molecule has 0 saturated carbocycles. The fourth-order valence-corrected chi connectivity index (χ4v) is 9.36. The lowest BCUT2D eigenvalue weighted by molar-refractivity contribution is -0.438. The number of carbonyl (C=O) groups excluding carboxylic acids is 1. The van der Waals surface area contributed by atoms with E-state index in [0.29, 0.717) is 25.3 Å². The number of fused-ring (bicyclic) bond motifs is 5. The molecule has 3 aliphatic rings. The zero-order chi connectivity index (χ0) is 41.2. The Labute approximate surface area is 350 Å². The minimum Gasteiger partial charge on any atom is -0.481 e.